The molecule has 1 amide bonds. The van der Waals surface area contributed by atoms with Crippen LogP contribution in [0.5, 0.6) is 0 Å². The molecule has 1 aliphatic heterocycles. The van der Waals surface area contributed by atoms with Gasteiger partial charge in [0.05, 0.1) is 6.54 Å². The van der Waals surface area contributed by atoms with Crippen LogP contribution in [-0.2, 0) is 4.79 Å². The molecule has 118 valence electrons. The first-order valence-corrected chi connectivity index (χ1v) is 8.72. The van der Waals surface area contributed by atoms with Crippen LogP contribution in [-0.4, -0.2) is 42.2 Å². The minimum Gasteiger partial charge on any atom is -0.355 e. The van der Waals surface area contributed by atoms with Crippen molar-refractivity contribution in [3.05, 3.63) is 30.3 Å². The molecule has 22 heavy (non-hydrogen) atoms. The molecular formula is C18H24N2OS. The van der Waals surface area contributed by atoms with Crippen LogP contribution < -0.4 is 5.32 Å². The zero-order valence-electron chi connectivity index (χ0n) is 13.1. The maximum Gasteiger partial charge on any atom is 0.223 e. The topological polar surface area (TPSA) is 32.3 Å². The zero-order valence-corrected chi connectivity index (χ0v) is 13.9. The van der Waals surface area contributed by atoms with Crippen LogP contribution in [0.2, 0.25) is 0 Å². The van der Waals surface area contributed by atoms with Gasteiger partial charge in [0.1, 0.15) is 0 Å². The number of hydrogen-bond acceptors (Lipinski definition) is 3. The minimum absolute atomic E-state index is 0.142. The SMILES string of the molecule is C#CCN1CCC(C(=O)NCC(C)Sc2ccccc2)CC1. The Hall–Kier alpha value is -1.44. The predicted molar refractivity (Wildman–Crippen MR) is 92.8 cm³/mol. The molecule has 1 aromatic rings. The zero-order chi connectivity index (χ0) is 15.8. The van der Waals surface area contributed by atoms with E-state index in [2.05, 4.69) is 35.2 Å². The third kappa shape index (κ3) is 5.40. The first-order valence-electron chi connectivity index (χ1n) is 7.84. The smallest absolute Gasteiger partial charge is 0.223 e. The fraction of sp³-hybridized carbons (Fsp3) is 0.500. The van der Waals surface area contributed by atoms with Gasteiger partial charge in [0.15, 0.2) is 0 Å². The first kappa shape index (κ1) is 16.9. The number of benzene rings is 1. The Morgan fingerprint density at radius 3 is 2.73 bits per heavy atom. The van der Waals surface area contributed by atoms with Gasteiger partial charge < -0.3 is 5.32 Å². The molecular weight excluding hydrogens is 292 g/mol. The van der Waals surface area contributed by atoms with Crippen molar-refractivity contribution in [2.45, 2.75) is 29.9 Å². The van der Waals surface area contributed by atoms with Crippen molar-refractivity contribution in [1.82, 2.24) is 10.2 Å². The van der Waals surface area contributed by atoms with Gasteiger partial charge in [0, 0.05) is 22.6 Å². The monoisotopic (exact) mass is 316 g/mol. The Labute approximate surface area is 137 Å². The van der Waals surface area contributed by atoms with Crippen molar-refractivity contribution in [1.29, 1.82) is 0 Å². The number of hydrogen-bond donors (Lipinski definition) is 1. The molecule has 1 saturated heterocycles. The molecule has 1 aliphatic rings. The number of rotatable bonds is 6. The molecule has 0 spiro atoms. The molecule has 4 heteroatoms. The van der Waals surface area contributed by atoms with Crippen molar-refractivity contribution >= 4 is 17.7 Å². The lowest BCUT2D eigenvalue weighted by Gasteiger charge is -2.30. The maximum atomic E-state index is 12.2. The highest BCUT2D eigenvalue weighted by molar-refractivity contribution is 8.00. The Balaban J connectivity index is 1.68. The van der Waals surface area contributed by atoms with Gasteiger partial charge in [-0.3, -0.25) is 9.69 Å². The van der Waals surface area contributed by atoms with Gasteiger partial charge in [-0.25, -0.2) is 0 Å². The molecule has 0 radical (unpaired) electrons. The lowest BCUT2D eigenvalue weighted by molar-refractivity contribution is -0.126. The van der Waals surface area contributed by atoms with Crippen molar-refractivity contribution in [2.24, 2.45) is 5.92 Å². The number of likely N-dealkylation sites (tertiary alicyclic amines) is 1. The van der Waals surface area contributed by atoms with E-state index in [0.29, 0.717) is 18.3 Å². The summed E-state index contributed by atoms with van der Waals surface area (Å²) < 4.78 is 0. The van der Waals surface area contributed by atoms with Gasteiger partial charge in [0.25, 0.3) is 0 Å². The summed E-state index contributed by atoms with van der Waals surface area (Å²) in [5.74, 6) is 3.00. The van der Waals surface area contributed by atoms with E-state index >= 15 is 0 Å². The predicted octanol–water partition coefficient (Wildman–Crippen LogP) is 2.63. The standard InChI is InChI=1S/C18H24N2OS/c1-3-11-20-12-9-16(10-13-20)18(21)19-14-15(2)22-17-7-5-4-6-8-17/h1,4-8,15-16H,9-14H2,2H3,(H,19,21). The quantitative estimate of drug-likeness (QED) is 0.647. The van der Waals surface area contributed by atoms with E-state index in [1.54, 1.807) is 11.8 Å². The molecule has 3 nitrogen and oxygen atoms in total. The summed E-state index contributed by atoms with van der Waals surface area (Å²) in [5.41, 5.74) is 0. The van der Waals surface area contributed by atoms with Crippen LogP contribution in [0.1, 0.15) is 19.8 Å². The van der Waals surface area contributed by atoms with Gasteiger partial charge in [-0.15, -0.1) is 18.2 Å². The molecule has 1 fully saturated rings. The van der Waals surface area contributed by atoms with Crippen molar-refractivity contribution in [3.63, 3.8) is 0 Å². The fourth-order valence-corrected chi connectivity index (χ4v) is 3.59. The number of terminal acetylenes is 1. The van der Waals surface area contributed by atoms with E-state index in [1.165, 1.54) is 4.90 Å². The van der Waals surface area contributed by atoms with Gasteiger partial charge in [-0.1, -0.05) is 31.0 Å². The molecule has 1 atom stereocenters. The highest BCUT2D eigenvalue weighted by atomic mass is 32.2. The third-order valence-corrected chi connectivity index (χ3v) is 5.03. The van der Waals surface area contributed by atoms with Gasteiger partial charge in [-0.05, 0) is 38.1 Å². The van der Waals surface area contributed by atoms with Crippen LogP contribution in [0.15, 0.2) is 35.2 Å². The van der Waals surface area contributed by atoms with E-state index in [0.717, 1.165) is 25.9 Å². The average Bonchev–Trinajstić information content (AvgIpc) is 2.54. The number of carbonyl (C=O) groups is 1. The van der Waals surface area contributed by atoms with Crippen LogP contribution in [0.25, 0.3) is 0 Å². The summed E-state index contributed by atoms with van der Waals surface area (Å²) in [4.78, 5) is 15.7. The second-order valence-electron chi connectivity index (χ2n) is 5.74. The normalized spacial score (nSPS) is 17.6. The van der Waals surface area contributed by atoms with Crippen LogP contribution in [0.3, 0.4) is 0 Å². The summed E-state index contributed by atoms with van der Waals surface area (Å²) in [5, 5.41) is 3.47. The summed E-state index contributed by atoms with van der Waals surface area (Å²) in [7, 11) is 0. The summed E-state index contributed by atoms with van der Waals surface area (Å²) in [6, 6.07) is 10.3. The Bertz CT molecular complexity index is 504. The van der Waals surface area contributed by atoms with Gasteiger partial charge in [0.2, 0.25) is 5.91 Å². The summed E-state index contributed by atoms with van der Waals surface area (Å²) in [6.07, 6.45) is 7.15. The second kappa shape index (κ2) is 8.87. The van der Waals surface area contributed by atoms with E-state index in [1.807, 2.05) is 18.2 Å². The lowest BCUT2D eigenvalue weighted by Crippen LogP contribution is -2.41. The Kier molecular flexibility index (Phi) is 6.82. The molecule has 0 bridgehead atoms. The Morgan fingerprint density at radius 1 is 1.41 bits per heavy atom. The van der Waals surface area contributed by atoms with E-state index in [9.17, 15) is 4.79 Å². The van der Waals surface area contributed by atoms with Crippen LogP contribution in [0, 0.1) is 18.3 Å². The second-order valence-corrected chi connectivity index (χ2v) is 7.25. The van der Waals surface area contributed by atoms with Crippen molar-refractivity contribution < 1.29 is 4.79 Å². The number of nitrogens with zero attached hydrogens (tertiary/aromatic N) is 1. The lowest BCUT2D eigenvalue weighted by atomic mass is 9.96. The third-order valence-electron chi connectivity index (χ3n) is 3.92. The summed E-state index contributed by atoms with van der Waals surface area (Å²) >= 11 is 1.79. The van der Waals surface area contributed by atoms with Crippen LogP contribution in [0.4, 0.5) is 0 Å². The minimum atomic E-state index is 0.142. The first-order chi connectivity index (χ1) is 10.7. The van der Waals surface area contributed by atoms with Gasteiger partial charge in [-0.2, -0.15) is 0 Å². The molecule has 2 rings (SSSR count). The molecule has 0 aliphatic carbocycles. The van der Waals surface area contributed by atoms with E-state index < -0.39 is 0 Å². The molecule has 1 N–H and O–H groups in total. The van der Waals surface area contributed by atoms with Crippen LogP contribution >= 0.6 is 11.8 Å². The number of amides is 1. The molecule has 0 saturated carbocycles. The van der Waals surface area contributed by atoms with Crippen molar-refractivity contribution in [3.8, 4) is 12.3 Å². The largest absolute Gasteiger partial charge is 0.355 e. The molecule has 1 aromatic carbocycles. The molecule has 1 heterocycles. The number of carbonyl (C=O) groups excluding carboxylic acids is 1. The van der Waals surface area contributed by atoms with Crippen molar-refractivity contribution in [2.75, 3.05) is 26.2 Å². The molecule has 0 aromatic heterocycles. The fourth-order valence-electron chi connectivity index (χ4n) is 2.64. The van der Waals surface area contributed by atoms with Gasteiger partial charge >= 0.3 is 0 Å². The van der Waals surface area contributed by atoms with E-state index in [-0.39, 0.29) is 11.8 Å². The average molecular weight is 316 g/mol. The number of piperidine rings is 1. The number of thioether (sulfide) groups is 1. The maximum absolute atomic E-state index is 12.2. The molecule has 1 unspecified atom stereocenters. The Morgan fingerprint density at radius 2 is 2.09 bits per heavy atom. The van der Waals surface area contributed by atoms with E-state index in [4.69, 9.17) is 6.42 Å². The number of nitrogens with one attached hydrogen (secondary N) is 1. The highest BCUT2D eigenvalue weighted by Crippen LogP contribution is 2.22. The summed E-state index contributed by atoms with van der Waals surface area (Å²) in [6.45, 7) is 5.41. The highest BCUT2D eigenvalue weighted by Gasteiger charge is 2.24.